The Bertz CT molecular complexity index is 1080. The van der Waals surface area contributed by atoms with E-state index in [1.54, 1.807) is 12.3 Å². The number of ether oxygens (including phenoxy) is 1. The number of halogens is 1. The number of carbonyl (C=O) groups is 2. The summed E-state index contributed by atoms with van der Waals surface area (Å²) in [7, 11) is 0. The smallest absolute Gasteiger partial charge is 0.341 e. The molecule has 0 bridgehead atoms. The molecular formula is C20H15BrN2O5S. The van der Waals surface area contributed by atoms with Gasteiger partial charge >= 0.3 is 5.97 Å². The van der Waals surface area contributed by atoms with Crippen molar-refractivity contribution in [2.45, 2.75) is 6.92 Å². The van der Waals surface area contributed by atoms with E-state index in [1.165, 1.54) is 24.3 Å². The Morgan fingerprint density at radius 2 is 1.86 bits per heavy atom. The molecular weight excluding hydrogens is 460 g/mol. The maximum absolute atomic E-state index is 12.7. The molecule has 0 aliphatic rings. The summed E-state index contributed by atoms with van der Waals surface area (Å²) in [5, 5.41) is 15.8. The molecule has 2 aromatic carbocycles. The standard InChI is InChI=1S/C20H15BrN2O5S/c1-2-28-20(25)17-15(12-7-9-13(21)10-8-12)11-29-19(17)22-18(24)14-5-3-4-6-16(14)23(26)27/h3-11H,2H2,1H3,(H,22,24). The Morgan fingerprint density at radius 3 is 2.52 bits per heavy atom. The minimum Gasteiger partial charge on any atom is -0.462 e. The summed E-state index contributed by atoms with van der Waals surface area (Å²) in [6.45, 7) is 1.86. The number of para-hydroxylation sites is 1. The Kier molecular flexibility index (Phi) is 6.40. The molecule has 0 fully saturated rings. The highest BCUT2D eigenvalue weighted by molar-refractivity contribution is 9.10. The van der Waals surface area contributed by atoms with E-state index >= 15 is 0 Å². The Balaban J connectivity index is 2.01. The molecule has 0 atom stereocenters. The number of nitro benzene ring substituents is 1. The van der Waals surface area contributed by atoms with Crippen LogP contribution in [-0.4, -0.2) is 23.4 Å². The molecule has 9 heteroatoms. The van der Waals surface area contributed by atoms with Gasteiger partial charge < -0.3 is 10.1 Å². The zero-order chi connectivity index (χ0) is 21.0. The van der Waals surface area contributed by atoms with Gasteiger partial charge in [0.1, 0.15) is 16.1 Å². The summed E-state index contributed by atoms with van der Waals surface area (Å²) < 4.78 is 6.05. The number of nitrogens with zero attached hydrogens (tertiary/aromatic N) is 1. The second kappa shape index (κ2) is 8.97. The van der Waals surface area contributed by atoms with Crippen molar-refractivity contribution in [1.29, 1.82) is 0 Å². The van der Waals surface area contributed by atoms with Gasteiger partial charge in [0.05, 0.1) is 11.5 Å². The van der Waals surface area contributed by atoms with E-state index in [-0.39, 0.29) is 28.4 Å². The molecule has 0 unspecified atom stereocenters. The van der Waals surface area contributed by atoms with Crippen LogP contribution in [0.5, 0.6) is 0 Å². The summed E-state index contributed by atoms with van der Waals surface area (Å²) >= 11 is 4.52. The lowest BCUT2D eigenvalue weighted by atomic mass is 10.0. The van der Waals surface area contributed by atoms with Crippen molar-refractivity contribution in [3.05, 3.63) is 79.6 Å². The van der Waals surface area contributed by atoms with E-state index in [9.17, 15) is 19.7 Å². The van der Waals surface area contributed by atoms with Gasteiger partial charge in [-0.25, -0.2) is 4.79 Å². The lowest BCUT2D eigenvalue weighted by Gasteiger charge is -2.09. The first-order valence-corrected chi connectivity index (χ1v) is 10.2. The van der Waals surface area contributed by atoms with E-state index in [4.69, 9.17) is 4.74 Å². The molecule has 1 amide bonds. The fourth-order valence-electron chi connectivity index (χ4n) is 2.69. The fourth-order valence-corrected chi connectivity index (χ4v) is 3.91. The number of nitrogens with one attached hydrogen (secondary N) is 1. The molecule has 3 aromatic rings. The van der Waals surface area contributed by atoms with E-state index in [0.717, 1.165) is 21.4 Å². The zero-order valence-electron chi connectivity index (χ0n) is 15.2. The van der Waals surface area contributed by atoms with Crippen LogP contribution < -0.4 is 5.32 Å². The first kappa shape index (κ1) is 20.7. The molecule has 0 aliphatic heterocycles. The highest BCUT2D eigenvalue weighted by Crippen LogP contribution is 2.37. The molecule has 1 heterocycles. The maximum Gasteiger partial charge on any atom is 0.341 e. The predicted molar refractivity (Wildman–Crippen MR) is 114 cm³/mol. The Morgan fingerprint density at radius 1 is 1.17 bits per heavy atom. The maximum atomic E-state index is 12.7. The third-order valence-electron chi connectivity index (χ3n) is 4.00. The zero-order valence-corrected chi connectivity index (χ0v) is 17.6. The average Bonchev–Trinajstić information content (AvgIpc) is 3.12. The van der Waals surface area contributed by atoms with E-state index in [0.29, 0.717) is 5.56 Å². The summed E-state index contributed by atoms with van der Waals surface area (Å²) in [5.41, 5.74) is 1.20. The van der Waals surface area contributed by atoms with Crippen molar-refractivity contribution in [2.24, 2.45) is 0 Å². The third-order valence-corrected chi connectivity index (χ3v) is 5.42. The predicted octanol–water partition coefficient (Wildman–Crippen LogP) is 5.51. The van der Waals surface area contributed by atoms with Gasteiger partial charge in [0.25, 0.3) is 11.6 Å². The molecule has 0 aliphatic carbocycles. The van der Waals surface area contributed by atoms with Crippen molar-refractivity contribution >= 4 is 49.8 Å². The average molecular weight is 475 g/mol. The molecule has 3 rings (SSSR count). The van der Waals surface area contributed by atoms with Crippen LogP contribution >= 0.6 is 27.3 Å². The van der Waals surface area contributed by atoms with Crippen molar-refractivity contribution in [1.82, 2.24) is 0 Å². The molecule has 148 valence electrons. The van der Waals surface area contributed by atoms with Gasteiger partial charge in [-0.3, -0.25) is 14.9 Å². The highest BCUT2D eigenvalue weighted by atomic mass is 79.9. The number of rotatable bonds is 6. The lowest BCUT2D eigenvalue weighted by Crippen LogP contribution is -2.16. The van der Waals surface area contributed by atoms with Crippen LogP contribution in [0.25, 0.3) is 11.1 Å². The monoisotopic (exact) mass is 474 g/mol. The van der Waals surface area contributed by atoms with Crippen LogP contribution in [0.4, 0.5) is 10.7 Å². The van der Waals surface area contributed by atoms with Gasteiger partial charge in [-0.2, -0.15) is 0 Å². The molecule has 7 nitrogen and oxygen atoms in total. The second-order valence-electron chi connectivity index (χ2n) is 5.81. The van der Waals surface area contributed by atoms with E-state index < -0.39 is 16.8 Å². The number of nitro groups is 1. The highest BCUT2D eigenvalue weighted by Gasteiger charge is 2.25. The second-order valence-corrected chi connectivity index (χ2v) is 7.60. The van der Waals surface area contributed by atoms with Crippen LogP contribution in [0.15, 0.2) is 58.4 Å². The fraction of sp³-hybridized carbons (Fsp3) is 0.100. The summed E-state index contributed by atoms with van der Waals surface area (Å²) in [5.74, 6) is -1.25. The third kappa shape index (κ3) is 4.52. The first-order valence-electron chi connectivity index (χ1n) is 8.51. The normalized spacial score (nSPS) is 10.4. The molecule has 1 aromatic heterocycles. The number of hydrogen-bond donors (Lipinski definition) is 1. The van der Waals surface area contributed by atoms with Gasteiger partial charge in [-0.15, -0.1) is 11.3 Å². The number of hydrogen-bond acceptors (Lipinski definition) is 6. The number of benzene rings is 2. The Labute approximate surface area is 178 Å². The molecule has 0 spiro atoms. The quantitative estimate of drug-likeness (QED) is 0.288. The van der Waals surface area contributed by atoms with Crippen molar-refractivity contribution in [2.75, 3.05) is 11.9 Å². The minimum absolute atomic E-state index is 0.0918. The van der Waals surface area contributed by atoms with Crippen LogP contribution in [0.1, 0.15) is 27.6 Å². The van der Waals surface area contributed by atoms with Gasteiger partial charge in [0.2, 0.25) is 0 Å². The minimum atomic E-state index is -0.674. The molecule has 0 radical (unpaired) electrons. The van der Waals surface area contributed by atoms with Crippen LogP contribution in [0.2, 0.25) is 0 Å². The van der Waals surface area contributed by atoms with Crippen molar-refractivity contribution < 1.29 is 19.2 Å². The van der Waals surface area contributed by atoms with E-state index in [2.05, 4.69) is 21.2 Å². The van der Waals surface area contributed by atoms with Gasteiger partial charge in [0.15, 0.2) is 0 Å². The van der Waals surface area contributed by atoms with Crippen LogP contribution in [0.3, 0.4) is 0 Å². The van der Waals surface area contributed by atoms with Gasteiger partial charge in [0, 0.05) is 21.5 Å². The van der Waals surface area contributed by atoms with Crippen LogP contribution in [-0.2, 0) is 4.74 Å². The number of carbonyl (C=O) groups excluding carboxylic acids is 2. The lowest BCUT2D eigenvalue weighted by molar-refractivity contribution is -0.385. The van der Waals surface area contributed by atoms with E-state index in [1.807, 2.05) is 24.3 Å². The summed E-state index contributed by atoms with van der Waals surface area (Å²) in [6.07, 6.45) is 0. The van der Waals surface area contributed by atoms with Gasteiger partial charge in [-0.05, 0) is 30.7 Å². The largest absolute Gasteiger partial charge is 0.462 e. The summed E-state index contributed by atoms with van der Waals surface area (Å²) in [6, 6.07) is 13.0. The van der Waals surface area contributed by atoms with Crippen molar-refractivity contribution in [3.63, 3.8) is 0 Å². The topological polar surface area (TPSA) is 98.5 Å². The molecule has 1 N–H and O–H groups in total. The number of thiophene rings is 1. The molecule has 0 saturated heterocycles. The number of esters is 1. The number of anilines is 1. The molecule has 29 heavy (non-hydrogen) atoms. The SMILES string of the molecule is CCOC(=O)c1c(-c2ccc(Br)cc2)csc1NC(=O)c1ccccc1[N+](=O)[O-]. The van der Waals surface area contributed by atoms with Gasteiger partial charge in [-0.1, -0.05) is 40.2 Å². The van der Waals surface area contributed by atoms with Crippen LogP contribution in [0, 0.1) is 10.1 Å². The number of amides is 1. The first-order chi connectivity index (χ1) is 13.9. The van der Waals surface area contributed by atoms with Crippen molar-refractivity contribution in [3.8, 4) is 11.1 Å². The molecule has 0 saturated carbocycles. The summed E-state index contributed by atoms with van der Waals surface area (Å²) in [4.78, 5) is 35.9. The Hall–Kier alpha value is -3.04.